The van der Waals surface area contributed by atoms with Gasteiger partial charge in [0.2, 0.25) is 0 Å². The Kier molecular flexibility index (Phi) is 5.13. The van der Waals surface area contributed by atoms with Crippen molar-refractivity contribution in [1.82, 2.24) is 14.4 Å². The largest absolute Gasteiger partial charge is 0.395 e. The van der Waals surface area contributed by atoms with Crippen molar-refractivity contribution < 1.29 is 9.90 Å². The van der Waals surface area contributed by atoms with Crippen molar-refractivity contribution in [2.24, 2.45) is 0 Å². The molecule has 1 amide bonds. The van der Waals surface area contributed by atoms with Gasteiger partial charge in [0.1, 0.15) is 5.69 Å². The Bertz CT molecular complexity index is 748. The molecule has 0 radical (unpaired) electrons. The van der Waals surface area contributed by atoms with E-state index in [-0.39, 0.29) is 12.5 Å². The number of fused-ring (bicyclic) bond motifs is 1. The second-order valence-electron chi connectivity index (χ2n) is 6.24. The van der Waals surface area contributed by atoms with Crippen molar-refractivity contribution in [3.05, 3.63) is 34.5 Å². The first kappa shape index (κ1) is 17.3. The summed E-state index contributed by atoms with van der Waals surface area (Å²) >= 11 is 6.14. The fourth-order valence-corrected chi connectivity index (χ4v) is 3.74. The van der Waals surface area contributed by atoms with Gasteiger partial charge in [-0.2, -0.15) is 0 Å². The number of aliphatic hydroxyl groups excluding tert-OH is 1. The molecule has 0 spiro atoms. The average Bonchev–Trinajstić information content (AvgIpc) is 2.87. The number of carbonyl (C=O) groups excluding carboxylic acids is 1. The average molecular weight is 350 g/mol. The van der Waals surface area contributed by atoms with E-state index in [4.69, 9.17) is 16.7 Å². The number of aliphatic hydroxyl groups is 1. The molecule has 1 aliphatic rings. The lowest BCUT2D eigenvalue weighted by molar-refractivity contribution is 0.0604. The molecule has 1 saturated heterocycles. The van der Waals surface area contributed by atoms with E-state index in [9.17, 15) is 4.79 Å². The normalized spacial score (nSPS) is 16.1. The third-order valence-electron chi connectivity index (χ3n) is 4.87. The highest BCUT2D eigenvalue weighted by Gasteiger charge is 2.27. The van der Waals surface area contributed by atoms with Crippen LogP contribution in [0, 0.1) is 6.92 Å². The third-order valence-corrected chi connectivity index (χ3v) is 5.11. The lowest BCUT2D eigenvalue weighted by atomic mass is 10.1. The molecule has 3 rings (SSSR count). The zero-order chi connectivity index (χ0) is 17.3. The van der Waals surface area contributed by atoms with Crippen LogP contribution in [0.15, 0.2) is 18.2 Å². The molecule has 130 valence electrons. The Morgan fingerprint density at radius 3 is 2.58 bits per heavy atom. The highest BCUT2D eigenvalue weighted by molar-refractivity contribution is 6.31. The summed E-state index contributed by atoms with van der Waals surface area (Å²) < 4.78 is 2.09. The van der Waals surface area contributed by atoms with Crippen molar-refractivity contribution in [1.29, 1.82) is 0 Å². The van der Waals surface area contributed by atoms with Crippen molar-refractivity contribution in [2.75, 3.05) is 39.3 Å². The van der Waals surface area contributed by atoms with Gasteiger partial charge in [-0.3, -0.25) is 9.69 Å². The van der Waals surface area contributed by atoms with Gasteiger partial charge in [0.25, 0.3) is 5.91 Å². The Morgan fingerprint density at radius 2 is 1.96 bits per heavy atom. The van der Waals surface area contributed by atoms with Crippen LogP contribution in [0.25, 0.3) is 10.9 Å². The van der Waals surface area contributed by atoms with Crippen LogP contribution in [0.5, 0.6) is 0 Å². The van der Waals surface area contributed by atoms with Crippen LogP contribution in [0.1, 0.15) is 23.0 Å². The predicted octanol–water partition coefficient (Wildman–Crippen LogP) is 2.37. The van der Waals surface area contributed by atoms with Crippen molar-refractivity contribution in [3.8, 4) is 0 Å². The summed E-state index contributed by atoms with van der Waals surface area (Å²) in [5.41, 5.74) is 2.82. The lowest BCUT2D eigenvalue weighted by Crippen LogP contribution is -2.49. The number of piperazine rings is 1. The van der Waals surface area contributed by atoms with Crippen LogP contribution < -0.4 is 0 Å². The molecule has 6 heteroatoms. The Balaban J connectivity index is 1.91. The topological polar surface area (TPSA) is 48.7 Å². The molecule has 0 unspecified atom stereocenters. The highest BCUT2D eigenvalue weighted by Crippen LogP contribution is 2.29. The first-order chi connectivity index (χ1) is 11.6. The first-order valence-corrected chi connectivity index (χ1v) is 8.85. The Morgan fingerprint density at radius 1 is 1.25 bits per heavy atom. The summed E-state index contributed by atoms with van der Waals surface area (Å²) in [5.74, 6) is 0.0883. The van der Waals surface area contributed by atoms with Gasteiger partial charge in [-0.15, -0.1) is 0 Å². The van der Waals surface area contributed by atoms with Crippen LogP contribution in [0.3, 0.4) is 0 Å². The maximum Gasteiger partial charge on any atom is 0.270 e. The number of nitrogens with zero attached hydrogens (tertiary/aromatic N) is 3. The minimum atomic E-state index is 0.0883. The molecule has 1 fully saturated rings. The summed E-state index contributed by atoms with van der Waals surface area (Å²) in [4.78, 5) is 17.2. The van der Waals surface area contributed by atoms with Gasteiger partial charge in [-0.1, -0.05) is 11.6 Å². The quantitative estimate of drug-likeness (QED) is 0.922. The monoisotopic (exact) mass is 349 g/mol. The Labute approximate surface area is 147 Å². The number of halogens is 1. The van der Waals surface area contributed by atoms with Gasteiger partial charge in [0.15, 0.2) is 0 Å². The summed E-state index contributed by atoms with van der Waals surface area (Å²) in [5, 5.41) is 10.8. The molecule has 1 aromatic heterocycles. The number of carbonyl (C=O) groups is 1. The van der Waals surface area contributed by atoms with E-state index in [1.165, 1.54) is 0 Å². The van der Waals surface area contributed by atoms with E-state index < -0.39 is 0 Å². The first-order valence-electron chi connectivity index (χ1n) is 8.47. The second kappa shape index (κ2) is 7.13. The molecule has 1 aliphatic heterocycles. The van der Waals surface area contributed by atoms with Gasteiger partial charge < -0.3 is 14.6 Å². The summed E-state index contributed by atoms with van der Waals surface area (Å²) in [6, 6.07) is 5.80. The molecule has 0 atom stereocenters. The SMILES string of the molecule is CCn1c(C(=O)N2CCN(CCO)CC2)c(C)c2cc(Cl)ccc21. The number of amides is 1. The van der Waals surface area contributed by atoms with Crippen molar-refractivity contribution in [3.63, 3.8) is 0 Å². The fourth-order valence-electron chi connectivity index (χ4n) is 3.56. The fraction of sp³-hybridized carbons (Fsp3) is 0.500. The molecule has 24 heavy (non-hydrogen) atoms. The molecule has 2 heterocycles. The zero-order valence-electron chi connectivity index (χ0n) is 14.3. The summed E-state index contributed by atoms with van der Waals surface area (Å²) in [7, 11) is 0. The number of benzene rings is 1. The van der Waals surface area contributed by atoms with Gasteiger partial charge in [0.05, 0.1) is 6.61 Å². The van der Waals surface area contributed by atoms with Gasteiger partial charge in [-0.25, -0.2) is 0 Å². The number of hydrogen-bond donors (Lipinski definition) is 1. The van der Waals surface area contributed by atoms with E-state index >= 15 is 0 Å². The molecule has 2 aromatic rings. The highest BCUT2D eigenvalue weighted by atomic mass is 35.5. The van der Waals surface area contributed by atoms with Crippen LogP contribution in [-0.2, 0) is 6.54 Å². The van der Waals surface area contributed by atoms with E-state index in [0.717, 1.165) is 41.8 Å². The van der Waals surface area contributed by atoms with E-state index in [1.807, 2.05) is 30.0 Å². The molecule has 0 aliphatic carbocycles. The third kappa shape index (κ3) is 3.04. The number of rotatable bonds is 4. The summed E-state index contributed by atoms with van der Waals surface area (Å²) in [6.45, 7) is 8.66. The lowest BCUT2D eigenvalue weighted by Gasteiger charge is -2.34. The predicted molar refractivity (Wildman–Crippen MR) is 96.8 cm³/mol. The zero-order valence-corrected chi connectivity index (χ0v) is 15.0. The number of hydrogen-bond acceptors (Lipinski definition) is 3. The van der Waals surface area contributed by atoms with Crippen LogP contribution in [0.2, 0.25) is 5.02 Å². The van der Waals surface area contributed by atoms with E-state index in [0.29, 0.717) is 24.7 Å². The molecule has 1 N–H and O–H groups in total. The molecule has 5 nitrogen and oxygen atoms in total. The minimum absolute atomic E-state index is 0.0883. The molecular weight excluding hydrogens is 326 g/mol. The molecule has 0 bridgehead atoms. The smallest absolute Gasteiger partial charge is 0.270 e. The number of aryl methyl sites for hydroxylation is 2. The maximum absolute atomic E-state index is 13.1. The molecule has 1 aromatic carbocycles. The van der Waals surface area contributed by atoms with Gasteiger partial charge in [-0.05, 0) is 37.6 Å². The number of aromatic nitrogens is 1. The van der Waals surface area contributed by atoms with Crippen LogP contribution in [0.4, 0.5) is 0 Å². The van der Waals surface area contributed by atoms with Crippen molar-refractivity contribution >= 4 is 28.4 Å². The van der Waals surface area contributed by atoms with Crippen LogP contribution in [-0.4, -0.2) is 64.7 Å². The van der Waals surface area contributed by atoms with E-state index in [2.05, 4.69) is 16.4 Å². The van der Waals surface area contributed by atoms with Crippen LogP contribution >= 0.6 is 11.6 Å². The Hall–Kier alpha value is -1.56. The molecular formula is C18H24ClN3O2. The minimum Gasteiger partial charge on any atom is -0.395 e. The maximum atomic E-state index is 13.1. The van der Waals surface area contributed by atoms with Gasteiger partial charge >= 0.3 is 0 Å². The second-order valence-corrected chi connectivity index (χ2v) is 6.67. The van der Waals surface area contributed by atoms with Gasteiger partial charge in [0, 0.05) is 55.2 Å². The molecule has 0 saturated carbocycles. The van der Waals surface area contributed by atoms with E-state index in [1.54, 1.807) is 0 Å². The summed E-state index contributed by atoms with van der Waals surface area (Å²) in [6.07, 6.45) is 0. The van der Waals surface area contributed by atoms with Crippen molar-refractivity contribution in [2.45, 2.75) is 20.4 Å². The number of β-amino-alcohol motifs (C(OH)–C–C–N with tert-alkyl or cyclic N) is 1. The standard InChI is InChI=1S/C18H24ClN3O2/c1-3-22-16-5-4-14(19)12-15(16)13(2)17(22)18(24)21-8-6-20(7-9-21)10-11-23/h4-5,12,23H,3,6-11H2,1-2H3.